The van der Waals surface area contributed by atoms with Crippen molar-refractivity contribution in [3.8, 4) is 0 Å². The monoisotopic (exact) mass is 335 g/mol. The molecule has 20 heavy (non-hydrogen) atoms. The van der Waals surface area contributed by atoms with Crippen LogP contribution in [0.4, 0.5) is 0 Å². The summed E-state index contributed by atoms with van der Waals surface area (Å²) in [6.07, 6.45) is 3.54. The smallest absolute Gasteiger partial charge is 0.182 e. The molecule has 2 unspecified atom stereocenters. The Labute approximate surface area is 130 Å². The van der Waals surface area contributed by atoms with Gasteiger partial charge in [-0.25, -0.2) is 8.42 Å². The maximum atomic E-state index is 12.7. The fraction of sp³-hybridized carbons (Fsp3) is 0.571. The summed E-state index contributed by atoms with van der Waals surface area (Å²) in [5.74, 6) is 0. The Kier molecular flexibility index (Phi) is 5.35. The van der Waals surface area contributed by atoms with Gasteiger partial charge in [0.15, 0.2) is 9.84 Å². The lowest BCUT2D eigenvalue weighted by atomic mass is 10.2. The first-order chi connectivity index (χ1) is 9.46. The Morgan fingerprint density at radius 1 is 1.25 bits per heavy atom. The third kappa shape index (κ3) is 3.30. The largest absolute Gasteiger partial charge is 0.313 e. The van der Waals surface area contributed by atoms with Crippen LogP contribution in [0.2, 0.25) is 10.0 Å². The van der Waals surface area contributed by atoms with Crippen LogP contribution in [0.3, 0.4) is 0 Å². The molecular formula is C14H19Cl2NO2S. The Hall–Kier alpha value is -0.290. The van der Waals surface area contributed by atoms with E-state index in [2.05, 4.69) is 12.2 Å². The molecule has 1 aliphatic carbocycles. The van der Waals surface area contributed by atoms with Crippen LogP contribution >= 0.6 is 23.2 Å². The van der Waals surface area contributed by atoms with E-state index >= 15 is 0 Å². The Bertz CT molecular complexity index is 575. The molecule has 2 atom stereocenters. The van der Waals surface area contributed by atoms with Gasteiger partial charge >= 0.3 is 0 Å². The molecule has 3 nitrogen and oxygen atoms in total. The summed E-state index contributed by atoms with van der Waals surface area (Å²) in [6, 6.07) is 4.57. The van der Waals surface area contributed by atoms with Gasteiger partial charge in [0.1, 0.15) is 0 Å². The minimum absolute atomic E-state index is 0.0365. The zero-order chi connectivity index (χ0) is 14.8. The molecule has 1 aromatic carbocycles. The van der Waals surface area contributed by atoms with Crippen molar-refractivity contribution in [3.63, 3.8) is 0 Å². The average Bonchev–Trinajstić information content (AvgIpc) is 2.88. The molecule has 112 valence electrons. The second kappa shape index (κ2) is 6.65. The van der Waals surface area contributed by atoms with Crippen molar-refractivity contribution in [1.82, 2.24) is 5.32 Å². The van der Waals surface area contributed by atoms with Crippen LogP contribution in [-0.4, -0.2) is 26.3 Å². The highest BCUT2D eigenvalue weighted by molar-refractivity contribution is 7.92. The molecule has 2 rings (SSSR count). The predicted molar refractivity (Wildman–Crippen MR) is 83.4 cm³/mol. The maximum absolute atomic E-state index is 12.7. The number of halogens is 2. The molecule has 1 saturated carbocycles. The highest BCUT2D eigenvalue weighted by atomic mass is 35.5. The Balaban J connectivity index is 2.26. The van der Waals surface area contributed by atoms with Gasteiger partial charge in [-0.15, -0.1) is 0 Å². The number of benzene rings is 1. The molecule has 0 spiro atoms. The van der Waals surface area contributed by atoms with Crippen LogP contribution in [0.5, 0.6) is 0 Å². The third-order valence-corrected chi connectivity index (χ3v) is 6.74. The van der Waals surface area contributed by atoms with E-state index in [1.54, 1.807) is 12.1 Å². The highest BCUT2D eigenvalue weighted by Gasteiger charge is 2.38. The van der Waals surface area contributed by atoms with E-state index in [0.717, 1.165) is 25.8 Å². The van der Waals surface area contributed by atoms with E-state index in [1.165, 1.54) is 6.07 Å². The normalized spacial score (nSPS) is 23.1. The van der Waals surface area contributed by atoms with E-state index in [-0.39, 0.29) is 21.2 Å². The zero-order valence-corrected chi connectivity index (χ0v) is 13.7. The lowest BCUT2D eigenvalue weighted by Crippen LogP contribution is -2.40. The first kappa shape index (κ1) is 16.1. The van der Waals surface area contributed by atoms with Crippen molar-refractivity contribution in [2.75, 3.05) is 6.54 Å². The number of nitrogens with one attached hydrogen (secondary N) is 1. The molecular weight excluding hydrogens is 317 g/mol. The topological polar surface area (TPSA) is 46.2 Å². The molecule has 0 saturated heterocycles. The van der Waals surface area contributed by atoms with Gasteiger partial charge in [-0.1, -0.05) is 36.5 Å². The van der Waals surface area contributed by atoms with Gasteiger partial charge in [0.25, 0.3) is 0 Å². The molecule has 0 heterocycles. The maximum Gasteiger partial charge on any atom is 0.182 e. The number of sulfone groups is 1. The van der Waals surface area contributed by atoms with Gasteiger partial charge in [0.2, 0.25) is 0 Å². The highest BCUT2D eigenvalue weighted by Crippen LogP contribution is 2.32. The van der Waals surface area contributed by atoms with Gasteiger partial charge in [-0.3, -0.25) is 0 Å². The number of hydrogen-bond donors (Lipinski definition) is 1. The van der Waals surface area contributed by atoms with Crippen LogP contribution in [0, 0.1) is 0 Å². The fourth-order valence-electron chi connectivity index (χ4n) is 2.69. The van der Waals surface area contributed by atoms with Crippen molar-refractivity contribution in [2.45, 2.75) is 48.8 Å². The van der Waals surface area contributed by atoms with E-state index in [9.17, 15) is 8.42 Å². The summed E-state index contributed by atoms with van der Waals surface area (Å²) in [5, 5.41) is 3.63. The van der Waals surface area contributed by atoms with Crippen molar-refractivity contribution in [3.05, 3.63) is 28.2 Å². The predicted octanol–water partition coefficient (Wildman–Crippen LogP) is 3.69. The minimum atomic E-state index is -3.36. The minimum Gasteiger partial charge on any atom is -0.313 e. The molecule has 0 radical (unpaired) electrons. The zero-order valence-electron chi connectivity index (χ0n) is 11.4. The molecule has 1 N–H and O–H groups in total. The molecule has 0 aliphatic heterocycles. The first-order valence-electron chi connectivity index (χ1n) is 6.89. The summed E-state index contributed by atoms with van der Waals surface area (Å²) in [4.78, 5) is 0.266. The van der Waals surface area contributed by atoms with Gasteiger partial charge in [0, 0.05) is 6.04 Å². The summed E-state index contributed by atoms with van der Waals surface area (Å²) < 4.78 is 25.5. The van der Waals surface area contributed by atoms with Crippen molar-refractivity contribution in [2.24, 2.45) is 0 Å². The van der Waals surface area contributed by atoms with Crippen LogP contribution in [-0.2, 0) is 9.84 Å². The average molecular weight is 336 g/mol. The second-order valence-electron chi connectivity index (χ2n) is 5.15. The molecule has 0 aromatic heterocycles. The van der Waals surface area contributed by atoms with E-state index in [4.69, 9.17) is 23.2 Å². The number of rotatable bonds is 5. The number of hydrogen-bond acceptors (Lipinski definition) is 3. The summed E-state index contributed by atoms with van der Waals surface area (Å²) in [7, 11) is -3.36. The van der Waals surface area contributed by atoms with Crippen LogP contribution in [0.1, 0.15) is 32.6 Å². The van der Waals surface area contributed by atoms with Gasteiger partial charge in [-0.05, 0) is 44.0 Å². The van der Waals surface area contributed by atoms with Crippen LogP contribution in [0.15, 0.2) is 23.1 Å². The van der Waals surface area contributed by atoms with E-state index < -0.39 is 9.84 Å². The van der Waals surface area contributed by atoms with Gasteiger partial charge < -0.3 is 5.32 Å². The molecule has 1 aromatic rings. The quantitative estimate of drug-likeness (QED) is 0.892. The third-order valence-electron chi connectivity index (χ3n) is 3.73. The molecule has 0 amide bonds. The van der Waals surface area contributed by atoms with Crippen LogP contribution < -0.4 is 5.32 Å². The lowest BCUT2D eigenvalue weighted by molar-refractivity contribution is 0.505. The van der Waals surface area contributed by atoms with Gasteiger partial charge in [-0.2, -0.15) is 0 Å². The lowest BCUT2D eigenvalue weighted by Gasteiger charge is -2.21. The Morgan fingerprint density at radius 2 is 2.00 bits per heavy atom. The van der Waals surface area contributed by atoms with Crippen molar-refractivity contribution < 1.29 is 8.42 Å². The fourth-order valence-corrected chi connectivity index (χ4v) is 5.08. The second-order valence-corrected chi connectivity index (χ2v) is 8.13. The first-order valence-corrected chi connectivity index (χ1v) is 9.19. The SMILES string of the molecule is CCCNC1CCCC1S(=O)(=O)c1ccc(Cl)c(Cl)c1. The van der Waals surface area contributed by atoms with E-state index in [0.29, 0.717) is 11.4 Å². The summed E-state index contributed by atoms with van der Waals surface area (Å²) >= 11 is 11.8. The Morgan fingerprint density at radius 3 is 2.65 bits per heavy atom. The molecule has 1 fully saturated rings. The van der Waals surface area contributed by atoms with Crippen LogP contribution in [0.25, 0.3) is 0 Å². The van der Waals surface area contributed by atoms with E-state index in [1.807, 2.05) is 0 Å². The van der Waals surface area contributed by atoms with Crippen molar-refractivity contribution >= 4 is 33.0 Å². The summed E-state index contributed by atoms with van der Waals surface area (Å²) in [6.45, 7) is 2.92. The standard InChI is InChI=1S/C14H19Cl2NO2S/c1-2-8-17-13-4-3-5-14(13)20(18,19)10-6-7-11(15)12(16)9-10/h6-7,9,13-14,17H,2-5,8H2,1H3. The molecule has 0 bridgehead atoms. The van der Waals surface area contributed by atoms with Crippen molar-refractivity contribution in [1.29, 1.82) is 0 Å². The van der Waals surface area contributed by atoms with Gasteiger partial charge in [0.05, 0.1) is 20.2 Å². The molecule has 6 heteroatoms. The summed E-state index contributed by atoms with van der Waals surface area (Å²) in [5.41, 5.74) is 0. The molecule has 1 aliphatic rings.